The maximum Gasteiger partial charge on any atom is 0.321 e. The highest BCUT2D eigenvalue weighted by Crippen LogP contribution is 2.35. The van der Waals surface area contributed by atoms with Crippen LogP contribution in [0.5, 0.6) is 0 Å². The molecule has 0 amide bonds. The minimum atomic E-state index is -0.806. The Morgan fingerprint density at radius 3 is 2.52 bits per heavy atom. The zero-order chi connectivity index (χ0) is 17.6. The lowest BCUT2D eigenvalue weighted by Crippen LogP contribution is -2.44. The number of carboxylic acids is 1. The van der Waals surface area contributed by atoms with Gasteiger partial charge in [0.2, 0.25) is 0 Å². The first-order valence-corrected chi connectivity index (χ1v) is 8.73. The number of para-hydroxylation sites is 1. The summed E-state index contributed by atoms with van der Waals surface area (Å²) in [6, 6.07) is 15.9. The van der Waals surface area contributed by atoms with Crippen molar-refractivity contribution in [3.05, 3.63) is 70.9 Å². The van der Waals surface area contributed by atoms with Gasteiger partial charge in [0.05, 0.1) is 6.04 Å². The molecule has 1 aliphatic rings. The van der Waals surface area contributed by atoms with Gasteiger partial charge in [0.15, 0.2) is 0 Å². The Kier molecular flexibility index (Phi) is 3.85. The third-order valence-electron chi connectivity index (χ3n) is 5.15. The summed E-state index contributed by atoms with van der Waals surface area (Å²) in [5, 5.41) is 14.0. The van der Waals surface area contributed by atoms with E-state index in [9.17, 15) is 9.90 Å². The normalized spacial score (nSPS) is 20.0. The van der Waals surface area contributed by atoms with E-state index in [1.165, 1.54) is 5.56 Å². The number of aromatic nitrogens is 1. The van der Waals surface area contributed by atoms with Crippen LogP contribution < -0.4 is 5.32 Å². The number of hydrogen-bond acceptors (Lipinski definition) is 2. The Balaban J connectivity index is 1.83. The molecule has 0 bridgehead atoms. The van der Waals surface area contributed by atoms with Crippen molar-refractivity contribution in [3.63, 3.8) is 0 Å². The number of carboxylic acid groups (broad SMARTS) is 1. The number of fused-ring (bicyclic) bond motifs is 3. The van der Waals surface area contributed by atoms with Crippen molar-refractivity contribution in [1.29, 1.82) is 0 Å². The molecule has 0 radical (unpaired) electrons. The standard InChI is InChI=1S/C21H22N2O2/c1-12(2)13-7-9-14(10-8-13)19-20-16(11-18(23-19)21(24)25)15-5-3-4-6-17(15)22-20/h3-10,12,18-19,22-23H,11H2,1-2H3,(H,24,25)/t18-,19-/m1/s1. The van der Waals surface area contributed by atoms with Crippen LogP contribution in [0.15, 0.2) is 48.5 Å². The van der Waals surface area contributed by atoms with E-state index in [2.05, 4.69) is 54.5 Å². The molecular weight excluding hydrogens is 312 g/mol. The first kappa shape index (κ1) is 15.9. The van der Waals surface area contributed by atoms with Crippen LogP contribution in [0.3, 0.4) is 0 Å². The monoisotopic (exact) mass is 334 g/mol. The van der Waals surface area contributed by atoms with Gasteiger partial charge in [-0.3, -0.25) is 10.1 Å². The molecule has 0 fully saturated rings. The zero-order valence-electron chi connectivity index (χ0n) is 14.4. The molecule has 1 aliphatic heterocycles. The van der Waals surface area contributed by atoms with E-state index in [0.717, 1.165) is 27.7 Å². The number of benzene rings is 2. The molecule has 4 rings (SSSR count). The van der Waals surface area contributed by atoms with Crippen LogP contribution >= 0.6 is 0 Å². The summed E-state index contributed by atoms with van der Waals surface area (Å²) in [6.07, 6.45) is 0.495. The minimum Gasteiger partial charge on any atom is -0.480 e. The number of rotatable bonds is 3. The molecule has 4 nitrogen and oxygen atoms in total. The van der Waals surface area contributed by atoms with Crippen LogP contribution in [0, 0.1) is 0 Å². The molecule has 128 valence electrons. The second kappa shape index (κ2) is 6.05. The largest absolute Gasteiger partial charge is 0.480 e. The molecule has 0 aliphatic carbocycles. The van der Waals surface area contributed by atoms with Crippen molar-refractivity contribution in [2.45, 2.75) is 38.3 Å². The quantitative estimate of drug-likeness (QED) is 0.679. The van der Waals surface area contributed by atoms with E-state index >= 15 is 0 Å². The molecule has 0 spiro atoms. The number of H-pyrrole nitrogens is 1. The summed E-state index contributed by atoms with van der Waals surface area (Å²) < 4.78 is 0. The first-order valence-electron chi connectivity index (χ1n) is 8.73. The van der Waals surface area contributed by atoms with E-state index in [0.29, 0.717) is 12.3 Å². The second-order valence-corrected chi connectivity index (χ2v) is 7.08. The molecule has 2 aromatic carbocycles. The van der Waals surface area contributed by atoms with Crippen molar-refractivity contribution in [2.24, 2.45) is 0 Å². The summed E-state index contributed by atoms with van der Waals surface area (Å²) in [5.41, 5.74) is 5.62. The summed E-state index contributed by atoms with van der Waals surface area (Å²) in [6.45, 7) is 4.34. The van der Waals surface area contributed by atoms with E-state index in [1.807, 2.05) is 18.2 Å². The predicted molar refractivity (Wildman–Crippen MR) is 98.9 cm³/mol. The van der Waals surface area contributed by atoms with Gasteiger partial charge < -0.3 is 10.1 Å². The third kappa shape index (κ3) is 2.72. The van der Waals surface area contributed by atoms with E-state index < -0.39 is 12.0 Å². The Morgan fingerprint density at radius 1 is 1.12 bits per heavy atom. The molecule has 2 heterocycles. The van der Waals surface area contributed by atoms with Gasteiger partial charge in [0, 0.05) is 23.0 Å². The van der Waals surface area contributed by atoms with Crippen LogP contribution in [0.25, 0.3) is 10.9 Å². The Morgan fingerprint density at radius 2 is 1.84 bits per heavy atom. The second-order valence-electron chi connectivity index (χ2n) is 7.08. The van der Waals surface area contributed by atoms with Crippen molar-refractivity contribution in [1.82, 2.24) is 10.3 Å². The summed E-state index contributed by atoms with van der Waals surface area (Å²) >= 11 is 0. The highest BCUT2D eigenvalue weighted by molar-refractivity contribution is 5.87. The van der Waals surface area contributed by atoms with Crippen molar-refractivity contribution in [3.8, 4) is 0 Å². The van der Waals surface area contributed by atoms with Gasteiger partial charge in [-0.2, -0.15) is 0 Å². The lowest BCUT2D eigenvalue weighted by molar-refractivity contribution is -0.139. The maximum absolute atomic E-state index is 11.7. The van der Waals surface area contributed by atoms with Crippen LogP contribution in [0.1, 0.15) is 48.2 Å². The van der Waals surface area contributed by atoms with E-state index in [1.54, 1.807) is 0 Å². The highest BCUT2D eigenvalue weighted by atomic mass is 16.4. The van der Waals surface area contributed by atoms with Crippen molar-refractivity contribution < 1.29 is 9.90 Å². The number of carbonyl (C=O) groups is 1. The molecule has 1 aromatic heterocycles. The lowest BCUT2D eigenvalue weighted by atomic mass is 9.89. The molecule has 0 saturated heterocycles. The Hall–Kier alpha value is -2.59. The number of aliphatic carboxylic acids is 1. The smallest absolute Gasteiger partial charge is 0.321 e. The van der Waals surface area contributed by atoms with Crippen LogP contribution in [-0.4, -0.2) is 22.1 Å². The van der Waals surface area contributed by atoms with Gasteiger partial charge in [0.25, 0.3) is 0 Å². The van der Waals surface area contributed by atoms with E-state index in [-0.39, 0.29) is 6.04 Å². The predicted octanol–water partition coefficient (Wildman–Crippen LogP) is 3.98. The molecule has 3 N–H and O–H groups in total. The van der Waals surface area contributed by atoms with Crippen molar-refractivity contribution >= 4 is 16.9 Å². The fourth-order valence-corrected chi connectivity index (χ4v) is 3.73. The highest BCUT2D eigenvalue weighted by Gasteiger charge is 2.33. The SMILES string of the molecule is CC(C)c1ccc([C@H]2N[C@@H](C(=O)O)Cc3c2[nH]c2ccccc32)cc1. The van der Waals surface area contributed by atoms with Crippen LogP contribution in [0.4, 0.5) is 0 Å². The van der Waals surface area contributed by atoms with Crippen LogP contribution in [-0.2, 0) is 11.2 Å². The maximum atomic E-state index is 11.7. The fourth-order valence-electron chi connectivity index (χ4n) is 3.73. The van der Waals surface area contributed by atoms with Gasteiger partial charge in [-0.05, 0) is 28.7 Å². The summed E-state index contributed by atoms with van der Waals surface area (Å²) in [7, 11) is 0. The summed E-state index contributed by atoms with van der Waals surface area (Å²) in [5.74, 6) is -0.330. The molecule has 3 aromatic rings. The average molecular weight is 334 g/mol. The molecular formula is C21H22N2O2. The Bertz CT molecular complexity index is 925. The molecule has 25 heavy (non-hydrogen) atoms. The third-order valence-corrected chi connectivity index (χ3v) is 5.15. The van der Waals surface area contributed by atoms with Crippen molar-refractivity contribution in [2.75, 3.05) is 0 Å². The zero-order valence-corrected chi connectivity index (χ0v) is 14.4. The van der Waals surface area contributed by atoms with Gasteiger partial charge in [-0.25, -0.2) is 0 Å². The molecule has 0 saturated carbocycles. The van der Waals surface area contributed by atoms with Crippen LogP contribution in [0.2, 0.25) is 0 Å². The Labute approximate surface area is 146 Å². The fraction of sp³-hybridized carbons (Fsp3) is 0.286. The van der Waals surface area contributed by atoms with Gasteiger partial charge in [-0.15, -0.1) is 0 Å². The van der Waals surface area contributed by atoms with E-state index in [4.69, 9.17) is 0 Å². The molecule has 0 unspecified atom stereocenters. The molecule has 4 heteroatoms. The summed E-state index contributed by atoms with van der Waals surface area (Å²) in [4.78, 5) is 15.2. The number of aromatic amines is 1. The number of nitrogens with one attached hydrogen (secondary N) is 2. The lowest BCUT2D eigenvalue weighted by Gasteiger charge is -2.29. The number of hydrogen-bond donors (Lipinski definition) is 3. The van der Waals surface area contributed by atoms with Gasteiger partial charge >= 0.3 is 5.97 Å². The topological polar surface area (TPSA) is 65.1 Å². The average Bonchev–Trinajstić information content (AvgIpc) is 2.99. The first-order chi connectivity index (χ1) is 12.0. The van der Waals surface area contributed by atoms with Gasteiger partial charge in [0.1, 0.15) is 6.04 Å². The molecule has 2 atom stereocenters. The van der Waals surface area contributed by atoms with Gasteiger partial charge in [-0.1, -0.05) is 56.3 Å². The minimum absolute atomic E-state index is 0.140.